The summed E-state index contributed by atoms with van der Waals surface area (Å²) in [5.74, 6) is -0.251. The van der Waals surface area contributed by atoms with Crippen LogP contribution in [0.4, 0.5) is 0 Å². The molecule has 0 spiro atoms. The van der Waals surface area contributed by atoms with Crippen molar-refractivity contribution < 1.29 is 13.5 Å². The van der Waals surface area contributed by atoms with Crippen LogP contribution in [0.1, 0.15) is 36.0 Å². The van der Waals surface area contributed by atoms with Gasteiger partial charge in [0.1, 0.15) is 5.75 Å². The molecule has 0 atom stereocenters. The fourth-order valence-corrected chi connectivity index (χ4v) is 3.40. The zero-order valence-corrected chi connectivity index (χ0v) is 11.0. The molecule has 0 amide bonds. The van der Waals surface area contributed by atoms with E-state index < -0.39 is 9.05 Å². The van der Waals surface area contributed by atoms with E-state index in [4.69, 9.17) is 10.7 Å². The molecule has 1 aliphatic rings. The van der Waals surface area contributed by atoms with Crippen LogP contribution in [-0.4, -0.2) is 13.5 Å². The van der Waals surface area contributed by atoms with Gasteiger partial charge in [0.25, 0.3) is 0 Å². The van der Waals surface area contributed by atoms with Gasteiger partial charge in [-0.3, -0.25) is 0 Å². The van der Waals surface area contributed by atoms with Crippen molar-refractivity contribution in [2.24, 2.45) is 0 Å². The lowest BCUT2D eigenvalue weighted by atomic mass is 9.97. The zero-order valence-electron chi connectivity index (χ0n) is 9.45. The van der Waals surface area contributed by atoms with Gasteiger partial charge in [0, 0.05) is 16.2 Å². The topological polar surface area (TPSA) is 54.4 Å². The molecule has 17 heavy (non-hydrogen) atoms. The van der Waals surface area contributed by atoms with Crippen LogP contribution in [0.25, 0.3) is 0 Å². The molecule has 0 bridgehead atoms. The number of aromatic hydroxyl groups is 1. The summed E-state index contributed by atoms with van der Waals surface area (Å²) in [6.45, 7) is 0. The van der Waals surface area contributed by atoms with E-state index in [0.717, 1.165) is 43.2 Å². The first-order valence-electron chi connectivity index (χ1n) is 5.72. The van der Waals surface area contributed by atoms with Crippen molar-refractivity contribution in [1.82, 2.24) is 0 Å². The van der Waals surface area contributed by atoms with Crippen molar-refractivity contribution in [2.45, 2.75) is 37.9 Å². The average Bonchev–Trinajstić information content (AvgIpc) is 2.46. The minimum absolute atomic E-state index is 0.0369. The number of aryl methyl sites for hydroxylation is 1. The lowest BCUT2D eigenvalue weighted by molar-refractivity contribution is 0.468. The average molecular weight is 275 g/mol. The number of hydrogen-bond acceptors (Lipinski definition) is 3. The van der Waals surface area contributed by atoms with Gasteiger partial charge in [0.2, 0.25) is 9.05 Å². The Morgan fingerprint density at radius 2 is 1.88 bits per heavy atom. The zero-order chi connectivity index (χ0) is 12.5. The molecule has 2 rings (SSSR count). The molecular weight excluding hydrogens is 260 g/mol. The Bertz CT molecular complexity index is 523. The summed E-state index contributed by atoms with van der Waals surface area (Å²) in [5, 5.41) is 9.80. The van der Waals surface area contributed by atoms with E-state index in [0.29, 0.717) is 5.56 Å². The standard InChI is InChI=1S/C12H15ClO3S/c13-17(15,16)8-11-10-5-3-1-2-4-9(10)6-7-12(11)14/h6-7,14H,1-5,8H2. The fourth-order valence-electron chi connectivity index (χ4n) is 2.40. The van der Waals surface area contributed by atoms with Crippen molar-refractivity contribution >= 4 is 19.7 Å². The molecule has 0 fully saturated rings. The molecule has 0 saturated heterocycles. The van der Waals surface area contributed by atoms with E-state index in [2.05, 4.69) is 0 Å². The molecule has 1 aromatic carbocycles. The predicted octanol–water partition coefficient (Wildman–Crippen LogP) is 2.73. The second-order valence-electron chi connectivity index (χ2n) is 4.44. The minimum Gasteiger partial charge on any atom is -0.508 e. The molecule has 0 radical (unpaired) electrons. The smallest absolute Gasteiger partial charge is 0.236 e. The molecule has 0 heterocycles. The predicted molar refractivity (Wildman–Crippen MR) is 67.8 cm³/mol. The van der Waals surface area contributed by atoms with Crippen molar-refractivity contribution in [2.75, 3.05) is 0 Å². The first-order valence-corrected chi connectivity index (χ1v) is 8.20. The lowest BCUT2D eigenvalue weighted by Crippen LogP contribution is -2.03. The number of fused-ring (bicyclic) bond motifs is 1. The maximum atomic E-state index is 11.2. The largest absolute Gasteiger partial charge is 0.508 e. The van der Waals surface area contributed by atoms with Gasteiger partial charge in [-0.1, -0.05) is 12.5 Å². The van der Waals surface area contributed by atoms with Crippen molar-refractivity contribution in [3.63, 3.8) is 0 Å². The molecule has 1 aromatic rings. The van der Waals surface area contributed by atoms with Gasteiger partial charge in [0.15, 0.2) is 0 Å². The molecule has 1 N–H and O–H groups in total. The Labute approximate surface area is 106 Å². The fraction of sp³-hybridized carbons (Fsp3) is 0.500. The van der Waals surface area contributed by atoms with Gasteiger partial charge in [-0.25, -0.2) is 8.42 Å². The highest BCUT2D eigenvalue weighted by atomic mass is 35.7. The normalized spacial score (nSPS) is 16.3. The molecule has 0 aromatic heterocycles. The van der Waals surface area contributed by atoms with Gasteiger partial charge in [-0.2, -0.15) is 0 Å². The number of phenols is 1. The van der Waals surface area contributed by atoms with Gasteiger partial charge in [-0.15, -0.1) is 0 Å². The third kappa shape index (κ3) is 3.13. The quantitative estimate of drug-likeness (QED) is 0.666. The summed E-state index contributed by atoms with van der Waals surface area (Å²) in [4.78, 5) is 0. The Balaban J connectivity index is 2.49. The summed E-state index contributed by atoms with van der Waals surface area (Å²) < 4.78 is 22.4. The highest BCUT2D eigenvalue weighted by Gasteiger charge is 2.19. The molecule has 3 nitrogen and oxygen atoms in total. The molecule has 5 heteroatoms. The third-order valence-electron chi connectivity index (χ3n) is 3.19. The Morgan fingerprint density at radius 1 is 1.18 bits per heavy atom. The third-order valence-corrected chi connectivity index (χ3v) is 4.15. The summed E-state index contributed by atoms with van der Waals surface area (Å²) in [6.07, 6.45) is 5.07. The van der Waals surface area contributed by atoms with E-state index in [9.17, 15) is 13.5 Å². The van der Waals surface area contributed by atoms with Crippen LogP contribution in [-0.2, 0) is 27.6 Å². The van der Waals surface area contributed by atoms with E-state index in [1.165, 1.54) is 0 Å². The van der Waals surface area contributed by atoms with Crippen LogP contribution in [0.5, 0.6) is 5.75 Å². The number of phenolic OH excluding ortho intramolecular Hbond substituents is 1. The van der Waals surface area contributed by atoms with Gasteiger partial charge < -0.3 is 5.11 Å². The van der Waals surface area contributed by atoms with Crippen LogP contribution in [0, 0.1) is 0 Å². The molecule has 94 valence electrons. The summed E-state index contributed by atoms with van der Waals surface area (Å²) >= 11 is 0. The Kier molecular flexibility index (Phi) is 3.64. The molecule has 0 unspecified atom stereocenters. The number of hydrogen-bond donors (Lipinski definition) is 1. The second-order valence-corrected chi connectivity index (χ2v) is 7.22. The number of halogens is 1. The Hall–Kier alpha value is -0.740. The first-order chi connectivity index (χ1) is 7.97. The summed E-state index contributed by atoms with van der Waals surface area (Å²) in [7, 11) is 1.65. The molecule has 0 aliphatic heterocycles. The molecular formula is C12H15ClO3S. The number of benzene rings is 1. The molecule has 0 saturated carbocycles. The SMILES string of the molecule is O=S(=O)(Cl)Cc1c(O)ccc2c1CCCCC2. The lowest BCUT2D eigenvalue weighted by Gasteiger charge is -2.13. The first kappa shape index (κ1) is 12.7. The van der Waals surface area contributed by atoms with Crippen LogP contribution < -0.4 is 0 Å². The van der Waals surface area contributed by atoms with Gasteiger partial charge >= 0.3 is 0 Å². The number of rotatable bonds is 2. The van der Waals surface area contributed by atoms with Crippen molar-refractivity contribution in [3.05, 3.63) is 28.8 Å². The van der Waals surface area contributed by atoms with Gasteiger partial charge in [0.05, 0.1) is 5.75 Å². The maximum absolute atomic E-state index is 11.2. The van der Waals surface area contributed by atoms with Crippen LogP contribution in [0.15, 0.2) is 12.1 Å². The Morgan fingerprint density at radius 3 is 2.59 bits per heavy atom. The van der Waals surface area contributed by atoms with E-state index in [1.807, 2.05) is 6.07 Å². The van der Waals surface area contributed by atoms with Crippen LogP contribution >= 0.6 is 10.7 Å². The van der Waals surface area contributed by atoms with Crippen molar-refractivity contribution in [3.8, 4) is 5.75 Å². The highest BCUT2D eigenvalue weighted by molar-refractivity contribution is 8.13. The summed E-state index contributed by atoms with van der Waals surface area (Å²) in [6, 6.07) is 3.46. The van der Waals surface area contributed by atoms with Crippen molar-refractivity contribution in [1.29, 1.82) is 0 Å². The second kappa shape index (κ2) is 4.86. The van der Waals surface area contributed by atoms with Crippen LogP contribution in [0.3, 0.4) is 0 Å². The molecule has 1 aliphatic carbocycles. The monoisotopic (exact) mass is 274 g/mol. The summed E-state index contributed by atoms with van der Waals surface area (Å²) in [5.41, 5.74) is 2.61. The maximum Gasteiger partial charge on any atom is 0.236 e. The minimum atomic E-state index is -3.63. The van der Waals surface area contributed by atoms with Gasteiger partial charge in [-0.05, 0) is 42.9 Å². The van der Waals surface area contributed by atoms with Crippen LogP contribution in [0.2, 0.25) is 0 Å². The van der Waals surface area contributed by atoms with E-state index in [-0.39, 0.29) is 11.5 Å². The highest BCUT2D eigenvalue weighted by Crippen LogP contribution is 2.31. The van der Waals surface area contributed by atoms with E-state index in [1.54, 1.807) is 6.07 Å². The van der Waals surface area contributed by atoms with E-state index >= 15 is 0 Å².